The smallest absolute Gasteiger partial charge is 0.217 e. The monoisotopic (exact) mass is 183 g/mol. The fourth-order valence-electron chi connectivity index (χ4n) is 1.90. The zero-order valence-electron chi connectivity index (χ0n) is 8.37. The Kier molecular flexibility index (Phi) is 3.09. The van der Waals surface area contributed by atoms with Gasteiger partial charge in [-0.25, -0.2) is 0 Å². The maximum absolute atomic E-state index is 10.8. The molecule has 0 fully saturated rings. The van der Waals surface area contributed by atoms with Gasteiger partial charge in [-0.3, -0.25) is 4.79 Å². The maximum atomic E-state index is 10.8. The largest absolute Gasteiger partial charge is 0.387 e. The molecule has 0 unspecified atom stereocenters. The Labute approximate surface area is 78.8 Å². The third-order valence-electron chi connectivity index (χ3n) is 2.45. The number of hydrogen-bond donors (Lipinski definition) is 2. The summed E-state index contributed by atoms with van der Waals surface area (Å²) in [5.74, 6) is 0.229. The summed E-state index contributed by atoms with van der Waals surface area (Å²) in [6.07, 6.45) is 2.23. The number of amides is 1. The Morgan fingerprint density at radius 1 is 1.69 bits per heavy atom. The van der Waals surface area contributed by atoms with Crippen molar-refractivity contribution in [2.75, 3.05) is 0 Å². The van der Waals surface area contributed by atoms with Crippen LogP contribution in [0.5, 0.6) is 0 Å². The third-order valence-corrected chi connectivity index (χ3v) is 2.45. The molecule has 1 amide bonds. The van der Waals surface area contributed by atoms with E-state index in [0.29, 0.717) is 5.92 Å². The molecule has 0 aliphatic heterocycles. The van der Waals surface area contributed by atoms with Gasteiger partial charge in [0.2, 0.25) is 5.91 Å². The molecule has 0 heterocycles. The summed E-state index contributed by atoms with van der Waals surface area (Å²) in [6.45, 7) is 5.52. The van der Waals surface area contributed by atoms with Gasteiger partial charge >= 0.3 is 0 Å². The van der Waals surface area contributed by atoms with Gasteiger partial charge in [-0.15, -0.1) is 0 Å². The first-order valence-corrected chi connectivity index (χ1v) is 4.63. The highest BCUT2D eigenvalue weighted by Crippen LogP contribution is 2.23. The highest BCUT2D eigenvalue weighted by molar-refractivity contribution is 5.73. The van der Waals surface area contributed by atoms with Crippen LogP contribution in [-0.2, 0) is 4.79 Å². The molecule has 1 aliphatic carbocycles. The zero-order valence-corrected chi connectivity index (χ0v) is 8.37. The van der Waals surface area contributed by atoms with E-state index < -0.39 is 6.10 Å². The predicted molar refractivity (Wildman–Crippen MR) is 51.1 cm³/mol. The van der Waals surface area contributed by atoms with Crippen molar-refractivity contribution in [2.45, 2.75) is 39.3 Å². The summed E-state index contributed by atoms with van der Waals surface area (Å²) in [6, 6.07) is -0.124. The maximum Gasteiger partial charge on any atom is 0.217 e. The molecule has 0 bridgehead atoms. The number of aliphatic hydroxyl groups is 1. The van der Waals surface area contributed by atoms with Crippen molar-refractivity contribution in [3.63, 3.8) is 0 Å². The molecule has 0 saturated carbocycles. The number of rotatable bonds is 1. The van der Waals surface area contributed by atoms with Gasteiger partial charge in [0.15, 0.2) is 0 Å². The normalized spacial score (nSPS) is 33.8. The third kappa shape index (κ3) is 2.56. The van der Waals surface area contributed by atoms with Crippen molar-refractivity contribution in [3.8, 4) is 0 Å². The minimum atomic E-state index is -0.535. The molecular formula is C10H17NO2. The minimum Gasteiger partial charge on any atom is -0.387 e. The molecule has 74 valence electrons. The van der Waals surface area contributed by atoms with E-state index in [0.717, 1.165) is 6.42 Å². The van der Waals surface area contributed by atoms with E-state index in [1.165, 1.54) is 12.5 Å². The van der Waals surface area contributed by atoms with Crippen LogP contribution < -0.4 is 5.32 Å². The molecule has 3 heteroatoms. The first-order chi connectivity index (χ1) is 6.00. The summed E-state index contributed by atoms with van der Waals surface area (Å²) >= 11 is 0. The molecule has 0 aromatic heterocycles. The highest BCUT2D eigenvalue weighted by atomic mass is 16.3. The predicted octanol–water partition coefficient (Wildman–Crippen LogP) is 0.838. The van der Waals surface area contributed by atoms with Crippen LogP contribution in [0.15, 0.2) is 11.6 Å². The van der Waals surface area contributed by atoms with Gasteiger partial charge in [0.1, 0.15) is 0 Å². The van der Waals surface area contributed by atoms with E-state index in [1.54, 1.807) is 0 Å². The second-order valence-electron chi connectivity index (χ2n) is 3.91. The SMILES string of the molecule is CC(=O)N[C@H]1[C@H](O)C=C(C)C[C@@H]1C. The Morgan fingerprint density at radius 2 is 2.31 bits per heavy atom. The second kappa shape index (κ2) is 3.92. The molecule has 0 aromatic rings. The van der Waals surface area contributed by atoms with Crippen molar-refractivity contribution in [2.24, 2.45) is 5.92 Å². The Bertz CT molecular complexity index is 235. The van der Waals surface area contributed by atoms with Crippen LogP contribution in [0, 0.1) is 5.92 Å². The topological polar surface area (TPSA) is 49.3 Å². The van der Waals surface area contributed by atoms with Crippen LogP contribution in [0.2, 0.25) is 0 Å². The molecule has 3 atom stereocenters. The second-order valence-corrected chi connectivity index (χ2v) is 3.91. The first-order valence-electron chi connectivity index (χ1n) is 4.63. The van der Waals surface area contributed by atoms with E-state index in [9.17, 15) is 9.90 Å². The van der Waals surface area contributed by atoms with Gasteiger partial charge in [-0.2, -0.15) is 0 Å². The molecular weight excluding hydrogens is 166 g/mol. The van der Waals surface area contributed by atoms with Crippen LogP contribution >= 0.6 is 0 Å². The van der Waals surface area contributed by atoms with Gasteiger partial charge in [0, 0.05) is 6.92 Å². The van der Waals surface area contributed by atoms with Crippen molar-refractivity contribution >= 4 is 5.91 Å². The number of carbonyl (C=O) groups is 1. The molecule has 0 spiro atoms. The summed E-state index contributed by atoms with van der Waals surface area (Å²) in [5, 5.41) is 12.4. The summed E-state index contributed by atoms with van der Waals surface area (Å²) in [7, 11) is 0. The molecule has 1 rings (SSSR count). The molecule has 0 aromatic carbocycles. The molecule has 0 radical (unpaired) electrons. The van der Waals surface area contributed by atoms with Crippen LogP contribution in [0.25, 0.3) is 0 Å². The van der Waals surface area contributed by atoms with Crippen molar-refractivity contribution in [1.29, 1.82) is 0 Å². The van der Waals surface area contributed by atoms with Crippen LogP contribution in [0.3, 0.4) is 0 Å². The van der Waals surface area contributed by atoms with Crippen molar-refractivity contribution in [1.82, 2.24) is 5.32 Å². The van der Waals surface area contributed by atoms with Crippen LogP contribution in [-0.4, -0.2) is 23.2 Å². The number of allylic oxidation sites excluding steroid dienone is 1. The average Bonchev–Trinajstić information content (AvgIpc) is 1.96. The molecule has 1 aliphatic rings. The Hall–Kier alpha value is -0.830. The number of hydrogen-bond acceptors (Lipinski definition) is 2. The van der Waals surface area contributed by atoms with E-state index in [4.69, 9.17) is 0 Å². The number of aliphatic hydroxyl groups excluding tert-OH is 1. The van der Waals surface area contributed by atoms with Gasteiger partial charge in [0.25, 0.3) is 0 Å². The molecule has 3 nitrogen and oxygen atoms in total. The van der Waals surface area contributed by atoms with Gasteiger partial charge in [-0.05, 0) is 19.3 Å². The van der Waals surface area contributed by atoms with Crippen LogP contribution in [0.1, 0.15) is 27.2 Å². The lowest BCUT2D eigenvalue weighted by molar-refractivity contribution is -0.120. The average molecular weight is 183 g/mol. The molecule has 2 N–H and O–H groups in total. The molecule has 0 saturated heterocycles. The number of carbonyl (C=O) groups excluding carboxylic acids is 1. The minimum absolute atomic E-state index is 0.0798. The fourth-order valence-corrected chi connectivity index (χ4v) is 1.90. The lowest BCUT2D eigenvalue weighted by atomic mass is 9.84. The zero-order chi connectivity index (χ0) is 10.0. The first kappa shape index (κ1) is 10.3. The summed E-state index contributed by atoms with van der Waals surface area (Å²) in [4.78, 5) is 10.8. The van der Waals surface area contributed by atoms with E-state index in [1.807, 2.05) is 19.9 Å². The van der Waals surface area contributed by atoms with E-state index in [2.05, 4.69) is 5.32 Å². The quantitative estimate of drug-likeness (QED) is 0.592. The lowest BCUT2D eigenvalue weighted by Crippen LogP contribution is -2.47. The van der Waals surface area contributed by atoms with Crippen molar-refractivity contribution in [3.05, 3.63) is 11.6 Å². The lowest BCUT2D eigenvalue weighted by Gasteiger charge is -2.32. The fraction of sp³-hybridized carbons (Fsp3) is 0.700. The van der Waals surface area contributed by atoms with E-state index >= 15 is 0 Å². The molecule has 13 heavy (non-hydrogen) atoms. The van der Waals surface area contributed by atoms with Gasteiger partial charge < -0.3 is 10.4 Å². The van der Waals surface area contributed by atoms with Crippen LogP contribution in [0.4, 0.5) is 0 Å². The number of nitrogens with one attached hydrogen (secondary N) is 1. The van der Waals surface area contributed by atoms with Gasteiger partial charge in [-0.1, -0.05) is 18.6 Å². The Balaban J connectivity index is 2.68. The highest BCUT2D eigenvalue weighted by Gasteiger charge is 2.28. The van der Waals surface area contributed by atoms with Crippen molar-refractivity contribution < 1.29 is 9.90 Å². The van der Waals surface area contributed by atoms with Gasteiger partial charge in [0.05, 0.1) is 12.1 Å². The summed E-state index contributed by atoms with van der Waals surface area (Å²) < 4.78 is 0. The Morgan fingerprint density at radius 3 is 2.77 bits per heavy atom. The van der Waals surface area contributed by atoms with E-state index in [-0.39, 0.29) is 11.9 Å². The summed E-state index contributed by atoms with van der Waals surface area (Å²) in [5.41, 5.74) is 1.20. The standard InChI is InChI=1S/C10H17NO2/c1-6-4-7(2)10(9(13)5-6)11-8(3)12/h5,7,9-10,13H,4H2,1-3H3,(H,11,12)/t7-,9+,10+/m0/s1.